The number of anilines is 1. The minimum absolute atomic E-state index is 0.200. The van der Waals surface area contributed by atoms with Crippen LogP contribution in [-0.4, -0.2) is 17.3 Å². The largest absolute Gasteiger partial charge is 0.405 e. The Kier molecular flexibility index (Phi) is 3.02. The number of aromatic nitrogens is 1. The number of hydrogen-bond acceptors (Lipinski definition) is 2. The van der Waals surface area contributed by atoms with Crippen molar-refractivity contribution in [3.63, 3.8) is 0 Å². The molecule has 96 valence electrons. The van der Waals surface area contributed by atoms with Crippen LogP contribution in [0, 0.1) is 0 Å². The molecule has 0 aliphatic heterocycles. The average molecular weight is 256 g/mol. The minimum Gasteiger partial charge on any atom is -0.376 e. The van der Waals surface area contributed by atoms with Crippen molar-refractivity contribution in [1.29, 1.82) is 0 Å². The molecule has 1 aromatic carbocycles. The second kappa shape index (κ2) is 4.36. The van der Waals surface area contributed by atoms with Gasteiger partial charge in [0.1, 0.15) is 6.54 Å². The first-order chi connectivity index (χ1) is 8.38. The molecule has 0 aliphatic carbocycles. The Morgan fingerprint density at radius 1 is 1.28 bits per heavy atom. The molecule has 1 heterocycles. The fourth-order valence-corrected chi connectivity index (χ4v) is 1.75. The number of pyridine rings is 1. The van der Waals surface area contributed by atoms with E-state index in [0.29, 0.717) is 10.9 Å². The Morgan fingerprint density at radius 3 is 2.61 bits per heavy atom. The Hall–Kier alpha value is -1.98. The summed E-state index contributed by atoms with van der Waals surface area (Å²) in [5, 5.41) is 2.84. The number of benzene rings is 1. The molecule has 0 saturated heterocycles. The van der Waals surface area contributed by atoms with Crippen LogP contribution < -0.4 is 10.9 Å². The second-order valence-corrected chi connectivity index (χ2v) is 3.94. The Balaban J connectivity index is 2.51. The smallest absolute Gasteiger partial charge is 0.376 e. The van der Waals surface area contributed by atoms with Gasteiger partial charge in [0, 0.05) is 24.2 Å². The highest BCUT2D eigenvalue weighted by molar-refractivity contribution is 5.91. The highest BCUT2D eigenvalue weighted by Crippen LogP contribution is 2.22. The monoisotopic (exact) mass is 256 g/mol. The summed E-state index contributed by atoms with van der Waals surface area (Å²) in [6.07, 6.45) is -4.32. The lowest BCUT2D eigenvalue weighted by Crippen LogP contribution is -2.23. The SMILES string of the molecule is Cn1c(=O)cc(NCC(F)(F)F)c2ccccc21. The molecule has 3 nitrogen and oxygen atoms in total. The van der Waals surface area contributed by atoms with E-state index in [1.807, 2.05) is 0 Å². The van der Waals surface area contributed by atoms with Gasteiger partial charge in [-0.25, -0.2) is 0 Å². The first-order valence-corrected chi connectivity index (χ1v) is 5.28. The van der Waals surface area contributed by atoms with Crippen molar-refractivity contribution in [2.75, 3.05) is 11.9 Å². The van der Waals surface area contributed by atoms with Gasteiger partial charge in [-0.1, -0.05) is 18.2 Å². The predicted molar refractivity (Wildman–Crippen MR) is 63.7 cm³/mol. The maximum Gasteiger partial charge on any atom is 0.405 e. The molecular weight excluding hydrogens is 245 g/mol. The number of rotatable bonds is 2. The number of aryl methyl sites for hydroxylation is 1. The van der Waals surface area contributed by atoms with Crippen molar-refractivity contribution in [3.8, 4) is 0 Å². The normalized spacial score (nSPS) is 11.8. The van der Waals surface area contributed by atoms with Crippen molar-refractivity contribution in [3.05, 3.63) is 40.7 Å². The van der Waals surface area contributed by atoms with E-state index < -0.39 is 12.7 Å². The van der Waals surface area contributed by atoms with Crippen molar-refractivity contribution in [2.45, 2.75) is 6.18 Å². The molecule has 18 heavy (non-hydrogen) atoms. The fourth-order valence-electron chi connectivity index (χ4n) is 1.75. The summed E-state index contributed by atoms with van der Waals surface area (Å²) in [5.41, 5.74) is 0.444. The van der Waals surface area contributed by atoms with Crippen molar-refractivity contribution >= 4 is 16.6 Å². The van der Waals surface area contributed by atoms with Crippen molar-refractivity contribution in [2.24, 2.45) is 7.05 Å². The zero-order valence-corrected chi connectivity index (χ0v) is 9.58. The summed E-state index contributed by atoms with van der Waals surface area (Å²) >= 11 is 0. The predicted octanol–water partition coefficient (Wildman–Crippen LogP) is 2.51. The zero-order valence-electron chi connectivity index (χ0n) is 9.58. The van der Waals surface area contributed by atoms with Gasteiger partial charge in [-0.05, 0) is 6.07 Å². The van der Waals surface area contributed by atoms with E-state index in [0.717, 1.165) is 0 Å². The molecule has 2 aromatic rings. The van der Waals surface area contributed by atoms with E-state index in [4.69, 9.17) is 0 Å². The minimum atomic E-state index is -4.32. The molecule has 0 radical (unpaired) electrons. The third-order valence-corrected chi connectivity index (χ3v) is 2.63. The molecule has 0 aliphatic rings. The summed E-state index contributed by atoms with van der Waals surface area (Å²) in [6, 6.07) is 7.98. The molecule has 1 N–H and O–H groups in total. The highest BCUT2D eigenvalue weighted by Gasteiger charge is 2.27. The van der Waals surface area contributed by atoms with E-state index >= 15 is 0 Å². The van der Waals surface area contributed by atoms with E-state index in [-0.39, 0.29) is 11.2 Å². The molecule has 0 bridgehead atoms. The van der Waals surface area contributed by atoms with Gasteiger partial charge in [0.05, 0.1) is 5.52 Å². The number of alkyl halides is 3. The van der Waals surface area contributed by atoms with Gasteiger partial charge in [0.2, 0.25) is 0 Å². The highest BCUT2D eigenvalue weighted by atomic mass is 19.4. The van der Waals surface area contributed by atoms with Gasteiger partial charge in [-0.15, -0.1) is 0 Å². The Morgan fingerprint density at radius 2 is 1.94 bits per heavy atom. The van der Waals surface area contributed by atoms with Crippen LogP contribution in [0.15, 0.2) is 35.1 Å². The standard InChI is InChI=1S/C12H11F3N2O/c1-17-10-5-3-2-4-8(10)9(6-11(17)18)16-7-12(13,14)15/h2-6,16H,7H2,1H3. The quantitative estimate of drug-likeness (QED) is 0.895. The van der Waals surface area contributed by atoms with Gasteiger partial charge in [-0.2, -0.15) is 13.2 Å². The van der Waals surface area contributed by atoms with Crippen molar-refractivity contribution < 1.29 is 13.2 Å². The molecule has 0 spiro atoms. The Labute approximate surface area is 101 Å². The van der Waals surface area contributed by atoms with Gasteiger partial charge in [0.15, 0.2) is 0 Å². The third kappa shape index (κ3) is 2.47. The first kappa shape index (κ1) is 12.5. The summed E-state index contributed by atoms with van der Waals surface area (Å²) in [5.74, 6) is 0. The van der Waals surface area contributed by atoms with E-state index in [1.165, 1.54) is 10.6 Å². The molecule has 0 saturated carbocycles. The molecule has 1 aromatic heterocycles. The van der Waals surface area contributed by atoms with Gasteiger partial charge in [-0.3, -0.25) is 4.79 Å². The van der Waals surface area contributed by atoms with Crippen LogP contribution in [0.2, 0.25) is 0 Å². The number of nitrogens with one attached hydrogen (secondary N) is 1. The molecule has 0 fully saturated rings. The molecule has 2 rings (SSSR count). The topological polar surface area (TPSA) is 34.0 Å². The fraction of sp³-hybridized carbons (Fsp3) is 0.250. The lowest BCUT2D eigenvalue weighted by atomic mass is 10.2. The molecule has 0 unspecified atom stereocenters. The van der Waals surface area contributed by atoms with Crippen LogP contribution in [-0.2, 0) is 7.05 Å². The van der Waals surface area contributed by atoms with Crippen molar-refractivity contribution in [1.82, 2.24) is 4.57 Å². The van der Waals surface area contributed by atoms with E-state index in [2.05, 4.69) is 5.32 Å². The van der Waals surface area contributed by atoms with Gasteiger partial charge in [0.25, 0.3) is 5.56 Å². The average Bonchev–Trinajstić information content (AvgIpc) is 2.31. The maximum atomic E-state index is 12.2. The molecule has 0 atom stereocenters. The summed E-state index contributed by atoms with van der Waals surface area (Å²) in [6.45, 7) is -1.16. The molecule has 6 heteroatoms. The van der Waals surface area contributed by atoms with Crippen LogP contribution >= 0.6 is 0 Å². The van der Waals surface area contributed by atoms with Crippen LogP contribution in [0.1, 0.15) is 0 Å². The van der Waals surface area contributed by atoms with Crippen LogP contribution in [0.25, 0.3) is 10.9 Å². The van der Waals surface area contributed by atoms with E-state index in [9.17, 15) is 18.0 Å². The molecular formula is C12H11F3N2O. The van der Waals surface area contributed by atoms with Crippen LogP contribution in [0.5, 0.6) is 0 Å². The zero-order chi connectivity index (χ0) is 13.3. The third-order valence-electron chi connectivity index (χ3n) is 2.63. The number of hydrogen-bond donors (Lipinski definition) is 1. The molecule has 0 amide bonds. The van der Waals surface area contributed by atoms with Crippen LogP contribution in [0.3, 0.4) is 0 Å². The second-order valence-electron chi connectivity index (χ2n) is 3.94. The number of fused-ring (bicyclic) bond motifs is 1. The van der Waals surface area contributed by atoms with Crippen LogP contribution in [0.4, 0.5) is 18.9 Å². The number of halogens is 3. The number of nitrogens with zero attached hydrogens (tertiary/aromatic N) is 1. The maximum absolute atomic E-state index is 12.2. The summed E-state index contributed by atoms with van der Waals surface area (Å²) in [7, 11) is 1.58. The van der Waals surface area contributed by atoms with E-state index in [1.54, 1.807) is 31.3 Å². The van der Waals surface area contributed by atoms with Gasteiger partial charge >= 0.3 is 6.18 Å². The number of para-hydroxylation sites is 1. The summed E-state index contributed by atoms with van der Waals surface area (Å²) < 4.78 is 37.9. The lowest BCUT2D eigenvalue weighted by Gasteiger charge is -2.13. The lowest BCUT2D eigenvalue weighted by molar-refractivity contribution is -0.115. The Bertz CT molecular complexity index is 631. The first-order valence-electron chi connectivity index (χ1n) is 5.28. The van der Waals surface area contributed by atoms with Gasteiger partial charge < -0.3 is 9.88 Å². The summed E-state index contributed by atoms with van der Waals surface area (Å²) in [4.78, 5) is 11.6.